The molecule has 4 rings (SSSR count). The topological polar surface area (TPSA) is 101 Å². The van der Waals surface area contributed by atoms with Crippen molar-refractivity contribution in [3.63, 3.8) is 0 Å². The number of amides is 3. The fourth-order valence-electron chi connectivity index (χ4n) is 4.55. The highest BCUT2D eigenvalue weighted by Crippen LogP contribution is 2.31. The number of rotatable bonds is 5. The van der Waals surface area contributed by atoms with E-state index in [2.05, 4.69) is 10.3 Å². The summed E-state index contributed by atoms with van der Waals surface area (Å²) in [6.45, 7) is 4.96. The molecule has 1 aliphatic heterocycles. The lowest BCUT2D eigenvalue weighted by molar-refractivity contribution is -0.134. The highest BCUT2D eigenvalue weighted by Gasteiger charge is 2.32. The second-order valence-electron chi connectivity index (χ2n) is 10.1. The van der Waals surface area contributed by atoms with Gasteiger partial charge in [0, 0.05) is 56.7 Å². The van der Waals surface area contributed by atoms with E-state index in [0.29, 0.717) is 35.8 Å². The standard InChI is InChI=1S/C28H36N4O5/c1-18-15-32(26(33)14-21-7-5-6-12-29-21)19(2)17-37-24-11-10-22(30-27(34)20-8-9-20)13-23(24)28(35)31(3)16-25(18)36-4/h5-7,10-13,18-20,25H,8-9,14-17H2,1-4H3,(H,30,34)/t18-,19+,25+/m0/s1. The molecule has 1 aromatic carbocycles. The molecule has 3 atom stereocenters. The van der Waals surface area contributed by atoms with E-state index in [-0.39, 0.29) is 54.7 Å². The van der Waals surface area contributed by atoms with Crippen molar-refractivity contribution in [1.29, 1.82) is 0 Å². The Hall–Kier alpha value is -3.46. The number of aromatic nitrogens is 1. The molecule has 2 heterocycles. The van der Waals surface area contributed by atoms with Crippen LogP contribution in [0.15, 0.2) is 42.6 Å². The van der Waals surface area contributed by atoms with Crippen LogP contribution in [0.5, 0.6) is 5.75 Å². The minimum Gasteiger partial charge on any atom is -0.491 e. The summed E-state index contributed by atoms with van der Waals surface area (Å²) in [6.07, 6.45) is 3.37. The predicted octanol–water partition coefficient (Wildman–Crippen LogP) is 3.01. The molecule has 9 heteroatoms. The van der Waals surface area contributed by atoms with Gasteiger partial charge >= 0.3 is 0 Å². The van der Waals surface area contributed by atoms with Gasteiger partial charge in [0.15, 0.2) is 0 Å². The maximum atomic E-state index is 13.5. The van der Waals surface area contributed by atoms with Gasteiger partial charge in [-0.2, -0.15) is 0 Å². The smallest absolute Gasteiger partial charge is 0.257 e. The van der Waals surface area contributed by atoms with Crippen LogP contribution in [0.4, 0.5) is 5.69 Å². The number of likely N-dealkylation sites (N-methyl/N-ethyl adjacent to an activating group) is 1. The molecule has 3 amide bonds. The van der Waals surface area contributed by atoms with E-state index >= 15 is 0 Å². The van der Waals surface area contributed by atoms with Crippen molar-refractivity contribution in [2.75, 3.05) is 39.2 Å². The van der Waals surface area contributed by atoms with Crippen molar-refractivity contribution in [1.82, 2.24) is 14.8 Å². The number of hydrogen-bond acceptors (Lipinski definition) is 6. The first-order valence-corrected chi connectivity index (χ1v) is 12.8. The van der Waals surface area contributed by atoms with Crippen LogP contribution >= 0.6 is 0 Å². The number of hydrogen-bond donors (Lipinski definition) is 1. The van der Waals surface area contributed by atoms with E-state index in [1.807, 2.05) is 36.9 Å². The van der Waals surface area contributed by atoms with Gasteiger partial charge in [-0.1, -0.05) is 13.0 Å². The average Bonchev–Trinajstić information content (AvgIpc) is 3.74. The predicted molar refractivity (Wildman–Crippen MR) is 139 cm³/mol. The van der Waals surface area contributed by atoms with Crippen molar-refractivity contribution in [3.05, 3.63) is 53.9 Å². The maximum absolute atomic E-state index is 13.5. The normalized spacial score (nSPS) is 22.8. The lowest BCUT2D eigenvalue weighted by Gasteiger charge is -2.36. The molecule has 1 N–H and O–H groups in total. The number of methoxy groups -OCH3 is 1. The Bertz CT molecular complexity index is 1120. The minimum absolute atomic E-state index is 0.0289. The number of ether oxygens (including phenoxy) is 2. The zero-order valence-corrected chi connectivity index (χ0v) is 22.0. The summed E-state index contributed by atoms with van der Waals surface area (Å²) in [4.78, 5) is 46.9. The first-order chi connectivity index (χ1) is 17.8. The zero-order valence-electron chi connectivity index (χ0n) is 22.0. The Labute approximate surface area is 218 Å². The largest absolute Gasteiger partial charge is 0.491 e. The second-order valence-corrected chi connectivity index (χ2v) is 10.1. The third-order valence-electron chi connectivity index (χ3n) is 7.04. The van der Waals surface area contributed by atoms with Crippen molar-refractivity contribution in [2.24, 2.45) is 11.8 Å². The summed E-state index contributed by atoms with van der Waals surface area (Å²) >= 11 is 0. The highest BCUT2D eigenvalue weighted by molar-refractivity contribution is 6.00. The third-order valence-corrected chi connectivity index (χ3v) is 7.04. The molecule has 0 bridgehead atoms. The molecule has 0 saturated heterocycles. The molecule has 0 spiro atoms. The molecule has 0 radical (unpaired) electrons. The second kappa shape index (κ2) is 11.7. The maximum Gasteiger partial charge on any atom is 0.257 e. The molecule has 1 aromatic heterocycles. The van der Waals surface area contributed by atoms with E-state index in [0.717, 1.165) is 12.8 Å². The number of pyridine rings is 1. The van der Waals surface area contributed by atoms with Gasteiger partial charge in [0.25, 0.3) is 5.91 Å². The molecule has 198 valence electrons. The Morgan fingerprint density at radius 3 is 2.62 bits per heavy atom. The Morgan fingerprint density at radius 2 is 1.95 bits per heavy atom. The molecule has 1 saturated carbocycles. The van der Waals surface area contributed by atoms with Crippen molar-refractivity contribution >= 4 is 23.4 Å². The van der Waals surface area contributed by atoms with Crippen LogP contribution in [0.1, 0.15) is 42.7 Å². The number of fused-ring (bicyclic) bond motifs is 1. The van der Waals surface area contributed by atoms with Crippen molar-refractivity contribution in [2.45, 2.75) is 45.3 Å². The fraction of sp³-hybridized carbons (Fsp3) is 0.500. The fourth-order valence-corrected chi connectivity index (χ4v) is 4.55. The van der Waals surface area contributed by atoms with Crippen molar-refractivity contribution in [3.8, 4) is 5.75 Å². The molecule has 37 heavy (non-hydrogen) atoms. The summed E-state index contributed by atoms with van der Waals surface area (Å²) < 4.78 is 11.9. The SMILES string of the molecule is CO[C@@H]1CN(C)C(=O)c2cc(NC(=O)C3CC3)ccc2OC[C@@H](C)N(C(=O)Cc2ccccn2)C[C@@H]1C. The van der Waals surface area contributed by atoms with E-state index in [4.69, 9.17) is 9.47 Å². The lowest BCUT2D eigenvalue weighted by atomic mass is 10.0. The van der Waals surface area contributed by atoms with Gasteiger partial charge in [0.2, 0.25) is 11.8 Å². The number of anilines is 1. The van der Waals surface area contributed by atoms with Gasteiger partial charge in [0.1, 0.15) is 12.4 Å². The van der Waals surface area contributed by atoms with Gasteiger partial charge in [-0.25, -0.2) is 0 Å². The monoisotopic (exact) mass is 508 g/mol. The molecule has 2 aromatic rings. The Kier molecular flexibility index (Phi) is 8.43. The van der Waals surface area contributed by atoms with Crippen LogP contribution in [0.25, 0.3) is 0 Å². The van der Waals surface area contributed by atoms with Crippen LogP contribution in [-0.4, -0.2) is 78.5 Å². The summed E-state index contributed by atoms with van der Waals surface area (Å²) in [6, 6.07) is 10.4. The molecular weight excluding hydrogens is 472 g/mol. The first-order valence-electron chi connectivity index (χ1n) is 12.8. The molecule has 1 aliphatic carbocycles. The quantitative estimate of drug-likeness (QED) is 0.666. The van der Waals surface area contributed by atoms with E-state index in [1.54, 1.807) is 43.5 Å². The van der Waals surface area contributed by atoms with E-state index < -0.39 is 0 Å². The van der Waals surface area contributed by atoms with E-state index in [9.17, 15) is 14.4 Å². The summed E-state index contributed by atoms with van der Waals surface area (Å²) in [5.41, 5.74) is 1.63. The van der Waals surface area contributed by atoms with Crippen molar-refractivity contribution < 1.29 is 23.9 Å². The number of nitrogens with zero attached hydrogens (tertiary/aromatic N) is 3. The van der Waals surface area contributed by atoms with Gasteiger partial charge in [0.05, 0.1) is 24.1 Å². The minimum atomic E-state index is -0.284. The molecular formula is C28H36N4O5. The van der Waals surface area contributed by atoms with E-state index in [1.165, 1.54) is 0 Å². The van der Waals surface area contributed by atoms with Crippen LogP contribution < -0.4 is 10.1 Å². The summed E-state index contributed by atoms with van der Waals surface area (Å²) in [5.74, 6) is 0.125. The summed E-state index contributed by atoms with van der Waals surface area (Å²) in [7, 11) is 3.34. The third kappa shape index (κ3) is 6.65. The highest BCUT2D eigenvalue weighted by atomic mass is 16.5. The van der Waals surface area contributed by atoms with Gasteiger partial charge < -0.3 is 24.6 Å². The van der Waals surface area contributed by atoms with Gasteiger partial charge in [-0.3, -0.25) is 19.4 Å². The molecule has 0 unspecified atom stereocenters. The van der Waals surface area contributed by atoms with Crippen LogP contribution in [0, 0.1) is 11.8 Å². The Balaban J connectivity index is 1.61. The van der Waals surface area contributed by atoms with Crippen LogP contribution in [0.2, 0.25) is 0 Å². The number of benzene rings is 1. The lowest BCUT2D eigenvalue weighted by Crippen LogP contribution is -2.49. The number of carbonyl (C=O) groups is 3. The van der Waals surface area contributed by atoms with Crippen LogP contribution in [-0.2, 0) is 20.7 Å². The summed E-state index contributed by atoms with van der Waals surface area (Å²) in [5, 5.41) is 2.91. The zero-order chi connectivity index (χ0) is 26.5. The Morgan fingerprint density at radius 1 is 1.16 bits per heavy atom. The molecule has 2 aliphatic rings. The van der Waals surface area contributed by atoms with Gasteiger partial charge in [-0.15, -0.1) is 0 Å². The average molecular weight is 509 g/mol. The molecule has 9 nitrogen and oxygen atoms in total. The first kappa shape index (κ1) is 26.6. The number of carbonyl (C=O) groups excluding carboxylic acids is 3. The van der Waals surface area contributed by atoms with Crippen LogP contribution in [0.3, 0.4) is 0 Å². The van der Waals surface area contributed by atoms with Gasteiger partial charge in [-0.05, 0) is 50.1 Å². The molecule has 1 fully saturated rings. The number of nitrogens with one attached hydrogen (secondary N) is 1.